The van der Waals surface area contributed by atoms with Crippen LogP contribution < -0.4 is 5.73 Å². The van der Waals surface area contributed by atoms with Crippen LogP contribution in [0.1, 0.15) is 41.5 Å². The van der Waals surface area contributed by atoms with Gasteiger partial charge >= 0.3 is 0 Å². The van der Waals surface area contributed by atoms with E-state index < -0.39 is 6.17 Å². The fourth-order valence-corrected chi connectivity index (χ4v) is 2.94. The molecule has 0 bridgehead atoms. The van der Waals surface area contributed by atoms with Gasteiger partial charge in [0.05, 0.1) is 0 Å². The largest absolute Gasteiger partial charge is 0.330 e. The second kappa shape index (κ2) is 4.26. The summed E-state index contributed by atoms with van der Waals surface area (Å²) in [6, 6.07) is 0.229. The lowest BCUT2D eigenvalue weighted by Gasteiger charge is -2.44. The van der Waals surface area contributed by atoms with Gasteiger partial charge in [-0.1, -0.05) is 20.8 Å². The number of rotatable bonds is 1. The van der Waals surface area contributed by atoms with E-state index in [1.165, 1.54) is 0 Å². The van der Waals surface area contributed by atoms with Gasteiger partial charge in [0.2, 0.25) is 0 Å². The van der Waals surface area contributed by atoms with Crippen molar-refractivity contribution in [1.29, 1.82) is 0 Å². The molecule has 0 amide bonds. The van der Waals surface area contributed by atoms with Crippen LogP contribution >= 0.6 is 0 Å². The van der Waals surface area contributed by atoms with E-state index in [1.807, 2.05) is 0 Å². The summed E-state index contributed by atoms with van der Waals surface area (Å²) in [5, 5.41) is 0. The average Bonchev–Trinajstić information content (AvgIpc) is 2.40. The van der Waals surface area contributed by atoms with Crippen molar-refractivity contribution < 1.29 is 4.39 Å². The first kappa shape index (κ1) is 13.9. The van der Waals surface area contributed by atoms with Crippen molar-refractivity contribution in [1.82, 2.24) is 4.90 Å². The number of nitrogens with two attached hydrogens (primary N) is 1. The summed E-state index contributed by atoms with van der Waals surface area (Å²) in [5.41, 5.74) is 5.82. The van der Waals surface area contributed by atoms with Crippen LogP contribution in [-0.4, -0.2) is 35.7 Å². The van der Waals surface area contributed by atoms with E-state index in [4.69, 9.17) is 5.73 Å². The summed E-state index contributed by atoms with van der Waals surface area (Å²) < 4.78 is 14.0. The predicted molar refractivity (Wildman–Crippen MR) is 67.1 cm³/mol. The van der Waals surface area contributed by atoms with Gasteiger partial charge in [0, 0.05) is 24.0 Å². The number of likely N-dealkylation sites (tertiary alicyclic amines) is 1. The number of alkyl halides is 1. The fraction of sp³-hybridized carbons (Fsp3) is 1.00. The fourth-order valence-electron chi connectivity index (χ4n) is 2.94. The first-order chi connectivity index (χ1) is 7.09. The van der Waals surface area contributed by atoms with Gasteiger partial charge in [0.15, 0.2) is 0 Å². The van der Waals surface area contributed by atoms with Crippen molar-refractivity contribution >= 4 is 0 Å². The summed E-state index contributed by atoms with van der Waals surface area (Å²) in [6.45, 7) is 13.9. The SMILES string of the molecule is CC(C)(C)[C@@H]1[C@H](CN)[C@@H](F)CN1C(C)(C)C. The van der Waals surface area contributed by atoms with E-state index in [0.29, 0.717) is 13.1 Å². The molecule has 1 aliphatic heterocycles. The second-order valence-electron chi connectivity index (χ2n) is 7.05. The minimum absolute atomic E-state index is 0.00616. The van der Waals surface area contributed by atoms with Crippen molar-refractivity contribution in [2.45, 2.75) is 59.3 Å². The lowest BCUT2D eigenvalue weighted by Crippen LogP contribution is -2.52. The van der Waals surface area contributed by atoms with Crippen molar-refractivity contribution in [3.63, 3.8) is 0 Å². The van der Waals surface area contributed by atoms with Gasteiger partial charge in [-0.3, -0.25) is 4.90 Å². The Bertz CT molecular complexity index is 239. The molecule has 0 unspecified atom stereocenters. The smallest absolute Gasteiger partial charge is 0.118 e. The van der Waals surface area contributed by atoms with Crippen LogP contribution in [0.3, 0.4) is 0 Å². The zero-order valence-corrected chi connectivity index (χ0v) is 11.5. The van der Waals surface area contributed by atoms with Crippen LogP contribution in [0.2, 0.25) is 0 Å². The molecule has 0 radical (unpaired) electrons. The number of halogens is 1. The molecule has 0 aromatic heterocycles. The topological polar surface area (TPSA) is 29.3 Å². The maximum atomic E-state index is 14.0. The average molecular weight is 230 g/mol. The van der Waals surface area contributed by atoms with E-state index in [1.54, 1.807) is 0 Å². The van der Waals surface area contributed by atoms with Crippen LogP contribution in [0.4, 0.5) is 4.39 Å². The highest BCUT2D eigenvalue weighted by Crippen LogP contribution is 2.41. The first-order valence-electron chi connectivity index (χ1n) is 6.20. The normalized spacial score (nSPS) is 33.4. The minimum Gasteiger partial charge on any atom is -0.330 e. The second-order valence-corrected chi connectivity index (χ2v) is 7.05. The van der Waals surface area contributed by atoms with Gasteiger partial charge in [0.1, 0.15) is 6.17 Å². The molecule has 2 nitrogen and oxygen atoms in total. The maximum Gasteiger partial charge on any atom is 0.118 e. The highest BCUT2D eigenvalue weighted by molar-refractivity contribution is 5.03. The summed E-state index contributed by atoms with van der Waals surface area (Å²) in [7, 11) is 0. The Kier molecular flexibility index (Phi) is 3.71. The highest BCUT2D eigenvalue weighted by atomic mass is 19.1. The predicted octanol–water partition coefficient (Wildman–Crippen LogP) is 2.43. The highest BCUT2D eigenvalue weighted by Gasteiger charge is 2.49. The molecule has 1 heterocycles. The lowest BCUT2D eigenvalue weighted by atomic mass is 9.78. The standard InChI is InChI=1S/C13H27FN2/c1-12(2,3)11-9(7-15)10(14)8-16(11)13(4,5)6/h9-11H,7-8,15H2,1-6H3/t9-,10+,11+/m1/s1. The molecular formula is C13H27FN2. The van der Waals surface area contributed by atoms with Crippen molar-refractivity contribution in [2.24, 2.45) is 17.1 Å². The van der Waals surface area contributed by atoms with Gasteiger partial charge in [-0.15, -0.1) is 0 Å². The van der Waals surface area contributed by atoms with Crippen LogP contribution in [0.25, 0.3) is 0 Å². The Morgan fingerprint density at radius 3 is 2.00 bits per heavy atom. The molecule has 0 spiro atoms. The third kappa shape index (κ3) is 2.57. The Morgan fingerprint density at radius 2 is 1.69 bits per heavy atom. The Labute approximate surface area is 99.4 Å². The van der Waals surface area contributed by atoms with Crippen LogP contribution in [0.5, 0.6) is 0 Å². The van der Waals surface area contributed by atoms with E-state index >= 15 is 0 Å². The summed E-state index contributed by atoms with van der Waals surface area (Å²) >= 11 is 0. The van der Waals surface area contributed by atoms with E-state index in [2.05, 4.69) is 46.4 Å². The summed E-state index contributed by atoms with van der Waals surface area (Å²) in [5.74, 6) is -0.0285. The molecule has 0 aliphatic carbocycles. The number of hydrogen-bond donors (Lipinski definition) is 1. The molecule has 0 aromatic carbocycles. The van der Waals surface area contributed by atoms with Crippen molar-refractivity contribution in [3.8, 4) is 0 Å². The molecule has 96 valence electrons. The quantitative estimate of drug-likeness (QED) is 0.749. The number of hydrogen-bond acceptors (Lipinski definition) is 2. The Balaban J connectivity index is 3.03. The van der Waals surface area contributed by atoms with Gasteiger partial charge in [-0.25, -0.2) is 4.39 Å². The lowest BCUT2D eigenvalue weighted by molar-refractivity contribution is 0.0406. The molecule has 3 heteroatoms. The Morgan fingerprint density at radius 1 is 1.19 bits per heavy atom. The first-order valence-corrected chi connectivity index (χ1v) is 6.20. The molecule has 1 saturated heterocycles. The van der Waals surface area contributed by atoms with E-state index in [9.17, 15) is 4.39 Å². The molecule has 0 saturated carbocycles. The third-order valence-corrected chi connectivity index (χ3v) is 3.60. The third-order valence-electron chi connectivity index (χ3n) is 3.60. The van der Waals surface area contributed by atoms with E-state index in [-0.39, 0.29) is 22.9 Å². The summed E-state index contributed by atoms with van der Waals surface area (Å²) in [4.78, 5) is 2.29. The number of nitrogens with zero attached hydrogens (tertiary/aromatic N) is 1. The monoisotopic (exact) mass is 230 g/mol. The summed E-state index contributed by atoms with van der Waals surface area (Å²) in [6.07, 6.45) is -0.784. The van der Waals surface area contributed by atoms with Crippen LogP contribution in [0.15, 0.2) is 0 Å². The van der Waals surface area contributed by atoms with Gasteiger partial charge in [-0.2, -0.15) is 0 Å². The molecule has 16 heavy (non-hydrogen) atoms. The Hall–Kier alpha value is -0.150. The molecule has 2 N–H and O–H groups in total. The molecular weight excluding hydrogens is 203 g/mol. The zero-order valence-electron chi connectivity index (χ0n) is 11.5. The van der Waals surface area contributed by atoms with E-state index in [0.717, 1.165) is 0 Å². The minimum atomic E-state index is -0.784. The van der Waals surface area contributed by atoms with Gasteiger partial charge < -0.3 is 5.73 Å². The van der Waals surface area contributed by atoms with Crippen molar-refractivity contribution in [2.75, 3.05) is 13.1 Å². The van der Waals surface area contributed by atoms with Crippen LogP contribution in [-0.2, 0) is 0 Å². The molecule has 1 rings (SSSR count). The molecule has 3 atom stereocenters. The maximum absolute atomic E-state index is 14.0. The van der Waals surface area contributed by atoms with Crippen molar-refractivity contribution in [3.05, 3.63) is 0 Å². The van der Waals surface area contributed by atoms with Crippen LogP contribution in [0, 0.1) is 11.3 Å². The molecule has 0 aromatic rings. The van der Waals surface area contributed by atoms with Gasteiger partial charge in [0.25, 0.3) is 0 Å². The van der Waals surface area contributed by atoms with Gasteiger partial charge in [-0.05, 0) is 32.7 Å². The molecule has 1 aliphatic rings. The zero-order chi connectivity index (χ0) is 12.7. The molecule has 1 fully saturated rings.